The first-order valence-electron chi connectivity index (χ1n) is 16.8. The molecule has 0 bridgehead atoms. The highest BCUT2D eigenvalue weighted by Crippen LogP contribution is 2.77. The number of carboxylic acid groups (broad SMARTS) is 1. The number of nitrogens with one attached hydrogen (secondary N) is 3. The van der Waals surface area contributed by atoms with Gasteiger partial charge in [-0.2, -0.15) is 22.0 Å². The van der Waals surface area contributed by atoms with Crippen LogP contribution in [0.1, 0.15) is 66.5 Å². The van der Waals surface area contributed by atoms with Gasteiger partial charge in [0, 0.05) is 17.1 Å². The van der Waals surface area contributed by atoms with E-state index >= 15 is 0 Å². The fourth-order valence-electron chi connectivity index (χ4n) is 8.12. The quantitative estimate of drug-likeness (QED) is 0.150. The summed E-state index contributed by atoms with van der Waals surface area (Å²) in [4.78, 5) is 60.5. The molecule has 5 unspecified atom stereocenters. The van der Waals surface area contributed by atoms with Gasteiger partial charge in [-0.25, -0.2) is 4.79 Å². The number of amides is 2. The molecule has 1 spiro atoms. The van der Waals surface area contributed by atoms with Crippen molar-refractivity contribution in [3.8, 4) is 5.75 Å². The predicted molar refractivity (Wildman–Crippen MR) is 192 cm³/mol. The van der Waals surface area contributed by atoms with Gasteiger partial charge in [0.1, 0.15) is 23.4 Å². The lowest BCUT2D eigenvalue weighted by molar-refractivity contribution is -0.144. The van der Waals surface area contributed by atoms with Crippen LogP contribution in [0.25, 0.3) is 12.2 Å². The van der Waals surface area contributed by atoms with Crippen LogP contribution in [0.4, 0.5) is 0 Å². The maximum Gasteiger partial charge on any atom is 0.340 e. The lowest BCUT2D eigenvalue weighted by Crippen LogP contribution is -2.72. The highest BCUT2D eigenvalue weighted by atomic mass is 32.2. The predicted octanol–water partition coefficient (Wildman–Crippen LogP) is 3.96. The Morgan fingerprint density at radius 3 is 2.55 bits per heavy atom. The number of carbonyl (C=O) groups is 3. The Bertz CT molecular complexity index is 2040. The van der Waals surface area contributed by atoms with Crippen molar-refractivity contribution in [1.29, 1.82) is 0 Å². The number of phenolic OH excluding ortho intramolecular Hbond substituents is 1. The van der Waals surface area contributed by atoms with Crippen molar-refractivity contribution in [3.05, 3.63) is 93.7 Å². The van der Waals surface area contributed by atoms with Crippen molar-refractivity contribution in [3.63, 3.8) is 0 Å². The molecule has 8 rings (SSSR count). The summed E-state index contributed by atoms with van der Waals surface area (Å²) >= 11 is 3.32. The molecule has 264 valence electrons. The number of benzene rings is 1. The summed E-state index contributed by atoms with van der Waals surface area (Å²) < 4.78 is 5.37. The van der Waals surface area contributed by atoms with E-state index in [1.165, 1.54) is 42.1 Å². The lowest BCUT2D eigenvalue weighted by atomic mass is 9.65. The number of epoxide rings is 1. The first-order chi connectivity index (χ1) is 24.4. The number of azo groups is 1. The number of ether oxygens (including phenoxy) is 1. The number of pyridine rings is 2. The second-order valence-electron chi connectivity index (χ2n) is 14.1. The monoisotopic (exact) mass is 728 g/mol. The normalized spacial score (nSPS) is 33.0. The van der Waals surface area contributed by atoms with Gasteiger partial charge >= 0.3 is 5.97 Å². The van der Waals surface area contributed by atoms with E-state index in [1.54, 1.807) is 30.5 Å². The summed E-state index contributed by atoms with van der Waals surface area (Å²) in [5, 5.41) is 35.7. The maximum absolute atomic E-state index is 14.2. The number of thioether (sulfide) groups is 2. The average molecular weight is 729 g/mol. The van der Waals surface area contributed by atoms with Gasteiger partial charge in [-0.05, 0) is 93.0 Å². The molecule has 0 radical (unpaired) electrons. The molecule has 2 amide bonds. The zero-order valence-corrected chi connectivity index (χ0v) is 29.4. The SMILES string of the molecule is CC1(C)S[C@H]2[C@@H](NC(=O)C(NC(=O)c3ccc(/C=C/c4ccccn4)[nH]c3=O)c3ccc(O)cc3)C(N=NC34CCSC3CC4)C23O[C@@]13C(=O)O. The molecule has 2 aliphatic carbocycles. The average Bonchev–Trinajstić information content (AvgIpc) is 3.73. The molecule has 5 heterocycles. The fourth-order valence-corrected chi connectivity index (χ4v) is 11.7. The van der Waals surface area contributed by atoms with Gasteiger partial charge in [-0.1, -0.05) is 18.2 Å². The van der Waals surface area contributed by atoms with Crippen LogP contribution in [0.2, 0.25) is 0 Å². The molecule has 5 aliphatic rings. The highest BCUT2D eigenvalue weighted by Gasteiger charge is 2.97. The zero-order chi connectivity index (χ0) is 35.8. The minimum atomic E-state index is -1.48. The Morgan fingerprint density at radius 1 is 1.10 bits per heavy atom. The van der Waals surface area contributed by atoms with Crippen LogP contribution < -0.4 is 16.2 Å². The summed E-state index contributed by atoms with van der Waals surface area (Å²) in [5.41, 5.74) is -2.24. The number of aliphatic carboxylic acids is 1. The lowest BCUT2D eigenvalue weighted by Gasteiger charge is -2.47. The minimum Gasteiger partial charge on any atom is -0.508 e. The topological polar surface area (TPSA) is 199 Å². The van der Waals surface area contributed by atoms with Crippen molar-refractivity contribution < 1.29 is 29.3 Å². The number of carbonyl (C=O) groups excluding carboxylic acids is 2. The van der Waals surface area contributed by atoms with Gasteiger partial charge in [0.05, 0.1) is 27.3 Å². The molecule has 3 aliphatic heterocycles. The van der Waals surface area contributed by atoms with E-state index in [9.17, 15) is 29.4 Å². The zero-order valence-electron chi connectivity index (χ0n) is 27.7. The first kappa shape index (κ1) is 33.7. The molecule has 2 aromatic heterocycles. The third kappa shape index (κ3) is 5.14. The number of hydrogen-bond donors (Lipinski definition) is 5. The van der Waals surface area contributed by atoms with Gasteiger partial charge in [0.2, 0.25) is 11.5 Å². The van der Waals surface area contributed by atoms with Crippen molar-refractivity contribution >= 4 is 53.5 Å². The molecule has 3 aromatic rings. The van der Waals surface area contributed by atoms with Crippen LogP contribution >= 0.6 is 23.5 Å². The molecule has 8 atom stereocenters. The number of fused-ring (bicyclic) bond motifs is 1. The van der Waals surface area contributed by atoms with E-state index in [0.717, 1.165) is 25.0 Å². The molecular weight excluding hydrogens is 693 g/mol. The number of nitrogens with zero attached hydrogens (tertiary/aromatic N) is 3. The van der Waals surface area contributed by atoms with Gasteiger partial charge in [0.15, 0.2) is 5.60 Å². The van der Waals surface area contributed by atoms with Crippen molar-refractivity contribution in [2.45, 2.75) is 83.2 Å². The standard InChI is InChI=1S/C36H36N6O7S2/c1-33(2)36(32(47)48)35(49-36)27(41-42-34-15-14-24(34)50-18-16-34)26(28(35)51-33)40-31(46)25(19-6-11-22(43)12-7-19)39-30(45)23-13-10-21(38-29(23)44)9-8-20-5-3-4-17-37-20/h3-13,17,24-28,43H,14-16,18H2,1-2H3,(H,38,44)(H,39,45)(H,40,46)(H,47,48)/b9-8+,42-41?/t24?,25?,26-,27?,28-,34?,35?,36-/m0/s1. The largest absolute Gasteiger partial charge is 0.508 e. The Morgan fingerprint density at radius 2 is 1.90 bits per heavy atom. The van der Waals surface area contributed by atoms with Crippen LogP contribution in [-0.2, 0) is 14.3 Å². The number of phenols is 1. The van der Waals surface area contributed by atoms with Gasteiger partial charge in [-0.15, -0.1) is 11.8 Å². The van der Waals surface area contributed by atoms with Crippen molar-refractivity contribution in [1.82, 2.24) is 20.6 Å². The second-order valence-corrected chi connectivity index (χ2v) is 17.2. The first-order valence-corrected chi connectivity index (χ1v) is 18.7. The van der Waals surface area contributed by atoms with Crippen LogP contribution in [0.15, 0.2) is 75.8 Å². The third-order valence-electron chi connectivity index (χ3n) is 11.0. The van der Waals surface area contributed by atoms with E-state index < -0.39 is 62.7 Å². The molecule has 5 N–H and O–H groups in total. The number of carboxylic acids is 1. The van der Waals surface area contributed by atoms with E-state index in [2.05, 4.69) is 20.6 Å². The summed E-state index contributed by atoms with van der Waals surface area (Å²) in [5.74, 6) is -1.49. The Kier molecular flexibility index (Phi) is 7.96. The summed E-state index contributed by atoms with van der Waals surface area (Å²) in [7, 11) is 0. The Hall–Kier alpha value is -4.47. The van der Waals surface area contributed by atoms with E-state index in [-0.39, 0.29) is 16.9 Å². The van der Waals surface area contributed by atoms with Crippen LogP contribution in [0.3, 0.4) is 0 Å². The molecule has 15 heteroatoms. The van der Waals surface area contributed by atoms with Crippen molar-refractivity contribution in [2.75, 3.05) is 5.75 Å². The molecule has 13 nitrogen and oxygen atoms in total. The Labute approximate surface area is 301 Å². The fraction of sp³-hybridized carbons (Fsp3) is 0.417. The second kappa shape index (κ2) is 12.1. The molecule has 2 saturated carbocycles. The minimum absolute atomic E-state index is 0.0318. The number of rotatable bonds is 10. The number of aromatic nitrogens is 2. The summed E-state index contributed by atoms with van der Waals surface area (Å²) in [6.45, 7) is 3.66. The summed E-state index contributed by atoms with van der Waals surface area (Å²) in [6.07, 6.45) is 7.91. The van der Waals surface area contributed by atoms with E-state index in [0.29, 0.717) is 22.2 Å². The highest BCUT2D eigenvalue weighted by molar-refractivity contribution is 8.02. The molecule has 5 fully saturated rings. The van der Waals surface area contributed by atoms with Gasteiger partial charge in [0.25, 0.3) is 11.5 Å². The number of aromatic hydroxyl groups is 1. The number of aromatic amines is 1. The van der Waals surface area contributed by atoms with Crippen molar-refractivity contribution in [2.24, 2.45) is 10.2 Å². The van der Waals surface area contributed by atoms with E-state index in [4.69, 9.17) is 15.0 Å². The van der Waals surface area contributed by atoms with E-state index in [1.807, 2.05) is 37.7 Å². The molecule has 1 aromatic carbocycles. The van der Waals surface area contributed by atoms with Crippen LogP contribution in [0, 0.1) is 0 Å². The third-order valence-corrected chi connectivity index (χ3v) is 14.3. The molecule has 3 saturated heterocycles. The molecule has 51 heavy (non-hydrogen) atoms. The maximum atomic E-state index is 14.2. The Balaban J connectivity index is 1.06. The number of hydrogen-bond acceptors (Lipinski definition) is 11. The number of H-pyrrole nitrogens is 1. The van der Waals surface area contributed by atoms with Gasteiger partial charge < -0.3 is 30.6 Å². The van der Waals surface area contributed by atoms with Crippen LogP contribution in [0.5, 0.6) is 5.75 Å². The summed E-state index contributed by atoms with van der Waals surface area (Å²) in [6, 6.07) is 11.5. The smallest absolute Gasteiger partial charge is 0.340 e. The van der Waals surface area contributed by atoms with Crippen LogP contribution in [-0.4, -0.2) is 87.8 Å². The molecular formula is C36H36N6O7S2. The van der Waals surface area contributed by atoms with Gasteiger partial charge in [-0.3, -0.25) is 19.4 Å².